The smallest absolute Gasteiger partial charge is 0.271 e. The lowest BCUT2D eigenvalue weighted by Gasteiger charge is -2.07. The number of hydrogen-bond acceptors (Lipinski definition) is 4. The number of nitrogens with one attached hydrogen (secondary N) is 2. The number of hydrazone groups is 1. The number of rotatable bonds is 5. The second-order valence-corrected chi connectivity index (χ2v) is 5.94. The molecule has 1 heterocycles. The first kappa shape index (κ1) is 18.1. The van der Waals surface area contributed by atoms with E-state index in [0.717, 1.165) is 11.3 Å². The molecular weight excluding hydrogens is 342 g/mol. The molecule has 0 fully saturated rings. The van der Waals surface area contributed by atoms with Crippen LogP contribution >= 0.6 is 0 Å². The Morgan fingerprint density at radius 1 is 1.04 bits per heavy atom. The van der Waals surface area contributed by atoms with Crippen molar-refractivity contribution in [2.24, 2.45) is 12.1 Å². The number of carbonyl (C=O) groups is 2. The van der Waals surface area contributed by atoms with Crippen LogP contribution in [0, 0.1) is 6.92 Å². The van der Waals surface area contributed by atoms with Gasteiger partial charge in [0.15, 0.2) is 0 Å². The maximum absolute atomic E-state index is 12.3. The van der Waals surface area contributed by atoms with Gasteiger partial charge in [-0.25, -0.2) is 5.43 Å². The van der Waals surface area contributed by atoms with Gasteiger partial charge in [0.05, 0.1) is 11.9 Å². The van der Waals surface area contributed by atoms with Crippen molar-refractivity contribution in [1.82, 2.24) is 15.2 Å². The predicted octanol–water partition coefficient (Wildman–Crippen LogP) is 2.74. The molecule has 0 saturated carbocycles. The lowest BCUT2D eigenvalue weighted by Crippen LogP contribution is -2.18. The van der Waals surface area contributed by atoms with E-state index >= 15 is 0 Å². The number of hydrogen-bond donors (Lipinski definition) is 2. The Morgan fingerprint density at radius 2 is 1.78 bits per heavy atom. The molecule has 0 radical (unpaired) electrons. The molecule has 0 aliphatic carbocycles. The number of carbonyl (C=O) groups excluding carboxylic acids is 2. The third kappa shape index (κ3) is 4.66. The minimum absolute atomic E-state index is 0.238. The molecular formula is C20H19N5O2. The second-order valence-electron chi connectivity index (χ2n) is 5.94. The fraction of sp³-hybridized carbons (Fsp3) is 0.100. The summed E-state index contributed by atoms with van der Waals surface area (Å²) < 4.78 is 1.68. The van der Waals surface area contributed by atoms with Gasteiger partial charge in [0.25, 0.3) is 11.8 Å². The van der Waals surface area contributed by atoms with Crippen LogP contribution in [0.15, 0.2) is 65.9 Å². The maximum Gasteiger partial charge on any atom is 0.271 e. The van der Waals surface area contributed by atoms with Gasteiger partial charge >= 0.3 is 0 Å². The summed E-state index contributed by atoms with van der Waals surface area (Å²) >= 11 is 0. The highest BCUT2D eigenvalue weighted by atomic mass is 16.2. The molecule has 1 aromatic heterocycles. The topological polar surface area (TPSA) is 88.4 Å². The number of aryl methyl sites for hydroxylation is 2. The Bertz CT molecular complexity index is 993. The molecule has 27 heavy (non-hydrogen) atoms. The Morgan fingerprint density at radius 3 is 2.48 bits per heavy atom. The number of benzene rings is 2. The first-order chi connectivity index (χ1) is 13.0. The summed E-state index contributed by atoms with van der Waals surface area (Å²) in [6.45, 7) is 1.86. The highest BCUT2D eigenvalue weighted by Gasteiger charge is 2.09. The van der Waals surface area contributed by atoms with Gasteiger partial charge in [-0.15, -0.1) is 0 Å². The van der Waals surface area contributed by atoms with E-state index in [1.54, 1.807) is 59.4 Å². The van der Waals surface area contributed by atoms with Crippen LogP contribution in [0.2, 0.25) is 0 Å². The van der Waals surface area contributed by atoms with Crippen LogP contribution in [0.25, 0.3) is 0 Å². The fourth-order valence-corrected chi connectivity index (χ4v) is 2.50. The zero-order chi connectivity index (χ0) is 19.2. The zero-order valence-corrected chi connectivity index (χ0v) is 15.0. The van der Waals surface area contributed by atoms with Gasteiger partial charge in [0.2, 0.25) is 0 Å². The summed E-state index contributed by atoms with van der Waals surface area (Å²) in [6, 6.07) is 15.5. The van der Waals surface area contributed by atoms with Crippen LogP contribution in [-0.2, 0) is 7.05 Å². The SMILES string of the molecule is Cc1nn(C)cc1/C=N/NC(=O)c1cccc(NC(=O)c2ccccc2)c1. The van der Waals surface area contributed by atoms with Gasteiger partial charge in [-0.05, 0) is 37.3 Å². The molecule has 3 rings (SSSR count). The maximum atomic E-state index is 12.3. The van der Waals surface area contributed by atoms with Gasteiger partial charge in [-0.2, -0.15) is 10.2 Å². The molecule has 3 aromatic rings. The lowest BCUT2D eigenvalue weighted by atomic mass is 10.1. The molecule has 136 valence electrons. The van der Waals surface area contributed by atoms with Crippen molar-refractivity contribution in [3.8, 4) is 0 Å². The first-order valence-electron chi connectivity index (χ1n) is 8.33. The van der Waals surface area contributed by atoms with Crippen molar-refractivity contribution >= 4 is 23.7 Å². The van der Waals surface area contributed by atoms with E-state index in [0.29, 0.717) is 16.8 Å². The van der Waals surface area contributed by atoms with Gasteiger partial charge in [-0.1, -0.05) is 24.3 Å². The highest BCUT2D eigenvalue weighted by Crippen LogP contribution is 2.12. The summed E-state index contributed by atoms with van der Waals surface area (Å²) in [5.41, 5.74) is 5.58. The van der Waals surface area contributed by atoms with Crippen molar-refractivity contribution in [3.05, 3.63) is 83.2 Å². The van der Waals surface area contributed by atoms with Gasteiger partial charge in [0, 0.05) is 35.6 Å². The van der Waals surface area contributed by atoms with Crippen LogP contribution in [0.1, 0.15) is 32.0 Å². The molecule has 2 amide bonds. The summed E-state index contributed by atoms with van der Waals surface area (Å²) in [5, 5.41) is 10.9. The van der Waals surface area contributed by atoms with Crippen LogP contribution in [0.3, 0.4) is 0 Å². The van der Waals surface area contributed by atoms with E-state index in [1.165, 1.54) is 0 Å². The van der Waals surface area contributed by atoms with E-state index in [9.17, 15) is 9.59 Å². The number of anilines is 1. The molecule has 0 aliphatic rings. The van der Waals surface area contributed by atoms with Crippen molar-refractivity contribution in [2.45, 2.75) is 6.92 Å². The first-order valence-corrected chi connectivity index (χ1v) is 8.33. The molecule has 0 spiro atoms. The van der Waals surface area contributed by atoms with Crippen molar-refractivity contribution < 1.29 is 9.59 Å². The van der Waals surface area contributed by atoms with Crippen LogP contribution < -0.4 is 10.7 Å². The lowest BCUT2D eigenvalue weighted by molar-refractivity contribution is 0.0953. The standard InChI is InChI=1S/C20H19N5O2/c1-14-17(13-25(2)24-14)12-21-23-20(27)16-9-6-10-18(11-16)22-19(26)15-7-4-3-5-8-15/h3-13H,1-2H3,(H,22,26)(H,23,27)/b21-12+. The summed E-state index contributed by atoms with van der Waals surface area (Å²) in [5.74, 6) is -0.609. The molecule has 7 nitrogen and oxygen atoms in total. The van der Waals surface area contributed by atoms with Gasteiger partial charge in [-0.3, -0.25) is 14.3 Å². The molecule has 0 bridgehead atoms. The average molecular weight is 361 g/mol. The number of nitrogens with zero attached hydrogens (tertiary/aromatic N) is 3. The number of amides is 2. The minimum Gasteiger partial charge on any atom is -0.322 e. The van der Waals surface area contributed by atoms with Gasteiger partial charge in [0.1, 0.15) is 0 Å². The van der Waals surface area contributed by atoms with E-state index in [1.807, 2.05) is 26.2 Å². The van der Waals surface area contributed by atoms with Crippen LogP contribution in [-0.4, -0.2) is 27.8 Å². The quantitative estimate of drug-likeness (QED) is 0.541. The molecule has 0 atom stereocenters. The largest absolute Gasteiger partial charge is 0.322 e. The Labute approximate surface area is 156 Å². The minimum atomic E-state index is -0.372. The van der Waals surface area contributed by atoms with E-state index < -0.39 is 0 Å². The van der Waals surface area contributed by atoms with Crippen molar-refractivity contribution in [1.29, 1.82) is 0 Å². The Hall–Kier alpha value is -3.74. The predicted molar refractivity (Wildman–Crippen MR) is 104 cm³/mol. The molecule has 7 heteroatoms. The van der Waals surface area contributed by atoms with Crippen molar-refractivity contribution in [3.63, 3.8) is 0 Å². The number of aromatic nitrogens is 2. The molecule has 0 aliphatic heterocycles. The zero-order valence-electron chi connectivity index (χ0n) is 15.0. The van der Waals surface area contributed by atoms with E-state index in [4.69, 9.17) is 0 Å². The molecule has 0 unspecified atom stereocenters. The molecule has 2 aromatic carbocycles. The summed E-state index contributed by atoms with van der Waals surface area (Å²) in [6.07, 6.45) is 3.35. The normalized spacial score (nSPS) is 10.7. The van der Waals surface area contributed by atoms with Gasteiger partial charge < -0.3 is 5.32 Å². The second kappa shape index (κ2) is 8.09. The van der Waals surface area contributed by atoms with Crippen LogP contribution in [0.4, 0.5) is 5.69 Å². The molecule has 2 N–H and O–H groups in total. The van der Waals surface area contributed by atoms with Crippen LogP contribution in [0.5, 0.6) is 0 Å². The molecule has 0 saturated heterocycles. The van der Waals surface area contributed by atoms with E-state index in [-0.39, 0.29) is 11.8 Å². The Balaban J connectivity index is 1.65. The monoisotopic (exact) mass is 361 g/mol. The highest BCUT2D eigenvalue weighted by molar-refractivity contribution is 6.05. The average Bonchev–Trinajstić information content (AvgIpc) is 2.99. The third-order valence-electron chi connectivity index (χ3n) is 3.84. The van der Waals surface area contributed by atoms with E-state index in [2.05, 4.69) is 20.9 Å². The fourth-order valence-electron chi connectivity index (χ4n) is 2.50. The Kier molecular flexibility index (Phi) is 5.41. The van der Waals surface area contributed by atoms with Crippen molar-refractivity contribution in [2.75, 3.05) is 5.32 Å². The third-order valence-corrected chi connectivity index (χ3v) is 3.84. The summed E-state index contributed by atoms with van der Waals surface area (Å²) in [4.78, 5) is 24.5. The summed E-state index contributed by atoms with van der Waals surface area (Å²) in [7, 11) is 1.82.